The quantitative estimate of drug-likeness (QED) is 0.718. The maximum absolute atomic E-state index is 10.2. The van der Waals surface area contributed by atoms with Crippen LogP contribution >= 0.6 is 27.3 Å². The average Bonchev–Trinajstić information content (AvgIpc) is 2.83. The molecule has 1 atom stereocenters. The minimum atomic E-state index is -0.332. The molecule has 1 unspecified atom stereocenters. The molecule has 1 nitrogen and oxygen atoms in total. The smallest absolute Gasteiger partial charge is 0.0701 e. The summed E-state index contributed by atoms with van der Waals surface area (Å²) in [7, 11) is 0. The van der Waals surface area contributed by atoms with Gasteiger partial charge in [0.25, 0.3) is 0 Å². The summed E-state index contributed by atoms with van der Waals surface area (Å²) in [5.74, 6) is 0. The third-order valence-electron chi connectivity index (χ3n) is 3.35. The van der Waals surface area contributed by atoms with E-state index in [1.807, 2.05) is 18.2 Å². The topological polar surface area (TPSA) is 20.2 Å². The van der Waals surface area contributed by atoms with E-state index in [2.05, 4.69) is 52.3 Å². The minimum absolute atomic E-state index is 0.332. The van der Waals surface area contributed by atoms with Crippen LogP contribution in [0.15, 0.2) is 58.4 Å². The normalized spacial score (nSPS) is 12.7. The monoisotopic (exact) mass is 346 g/mol. The van der Waals surface area contributed by atoms with Crippen LogP contribution in [0.3, 0.4) is 0 Å². The van der Waals surface area contributed by atoms with Gasteiger partial charge in [0.15, 0.2) is 0 Å². The van der Waals surface area contributed by atoms with Gasteiger partial charge in [0, 0.05) is 11.3 Å². The Morgan fingerprint density at radius 1 is 0.950 bits per heavy atom. The molecule has 0 aliphatic heterocycles. The molecule has 2 aromatic carbocycles. The van der Waals surface area contributed by atoms with E-state index < -0.39 is 0 Å². The molecular formula is C17H15BrOS. The van der Waals surface area contributed by atoms with Crippen molar-refractivity contribution in [3.63, 3.8) is 0 Å². The molecule has 1 aromatic heterocycles. The summed E-state index contributed by atoms with van der Waals surface area (Å²) in [5, 5.41) is 12.7. The number of aliphatic hydroxyl groups is 1. The van der Waals surface area contributed by atoms with E-state index in [1.54, 1.807) is 11.3 Å². The zero-order chi connectivity index (χ0) is 13.9. The Morgan fingerprint density at radius 2 is 1.75 bits per heavy atom. The largest absolute Gasteiger partial charge is 0.392 e. The molecule has 1 N–H and O–H groups in total. The van der Waals surface area contributed by atoms with Crippen molar-refractivity contribution in [2.75, 3.05) is 0 Å². The Kier molecular flexibility index (Phi) is 4.20. The van der Waals surface area contributed by atoms with E-state index in [0.717, 1.165) is 3.79 Å². The van der Waals surface area contributed by atoms with Crippen LogP contribution in [0.5, 0.6) is 0 Å². The Balaban J connectivity index is 1.72. The minimum Gasteiger partial charge on any atom is -0.392 e. The molecule has 102 valence electrons. The molecule has 0 amide bonds. The van der Waals surface area contributed by atoms with Gasteiger partial charge in [0.2, 0.25) is 0 Å². The predicted molar refractivity (Wildman–Crippen MR) is 89.4 cm³/mol. The lowest BCUT2D eigenvalue weighted by molar-refractivity contribution is 0.176. The third-order valence-corrected chi connectivity index (χ3v) is 5.00. The van der Waals surface area contributed by atoms with E-state index in [0.29, 0.717) is 12.8 Å². The van der Waals surface area contributed by atoms with Crippen LogP contribution < -0.4 is 0 Å². The molecule has 0 aliphatic rings. The lowest BCUT2D eigenvalue weighted by Crippen LogP contribution is -2.13. The molecule has 3 heteroatoms. The first-order chi connectivity index (χ1) is 9.70. The second-order valence-electron chi connectivity index (χ2n) is 4.95. The van der Waals surface area contributed by atoms with Gasteiger partial charge in [-0.3, -0.25) is 0 Å². The zero-order valence-corrected chi connectivity index (χ0v) is 13.3. The molecule has 0 aliphatic carbocycles. The lowest BCUT2D eigenvalue weighted by Gasteiger charge is -2.10. The highest BCUT2D eigenvalue weighted by atomic mass is 79.9. The van der Waals surface area contributed by atoms with Crippen LogP contribution in [0.4, 0.5) is 0 Å². The number of hydrogen-bond acceptors (Lipinski definition) is 2. The third kappa shape index (κ3) is 3.29. The predicted octanol–water partition coefficient (Wildman–Crippen LogP) is 4.81. The maximum atomic E-state index is 10.2. The van der Waals surface area contributed by atoms with E-state index in [-0.39, 0.29) is 6.10 Å². The van der Waals surface area contributed by atoms with Crippen molar-refractivity contribution < 1.29 is 5.11 Å². The molecule has 0 saturated carbocycles. The number of rotatable bonds is 4. The highest BCUT2D eigenvalue weighted by molar-refractivity contribution is 9.11. The Bertz CT molecular complexity index is 720. The molecule has 3 aromatic rings. The van der Waals surface area contributed by atoms with Gasteiger partial charge < -0.3 is 5.11 Å². The van der Waals surface area contributed by atoms with E-state index in [9.17, 15) is 5.11 Å². The number of aliphatic hydroxyl groups excluding tert-OH is 1. The van der Waals surface area contributed by atoms with Gasteiger partial charge in [-0.25, -0.2) is 0 Å². The average molecular weight is 347 g/mol. The number of halogens is 1. The molecule has 1 heterocycles. The molecule has 0 spiro atoms. The summed E-state index contributed by atoms with van der Waals surface area (Å²) < 4.78 is 1.12. The number of benzene rings is 2. The van der Waals surface area contributed by atoms with Crippen molar-refractivity contribution in [3.05, 3.63) is 68.8 Å². The van der Waals surface area contributed by atoms with Gasteiger partial charge in [-0.05, 0) is 50.8 Å². The first kappa shape index (κ1) is 13.8. The van der Waals surface area contributed by atoms with Crippen molar-refractivity contribution in [2.24, 2.45) is 0 Å². The summed E-state index contributed by atoms with van der Waals surface area (Å²) >= 11 is 5.14. The summed E-state index contributed by atoms with van der Waals surface area (Å²) in [4.78, 5) is 1.21. The van der Waals surface area contributed by atoms with Crippen molar-refractivity contribution in [2.45, 2.75) is 18.9 Å². The molecule has 0 radical (unpaired) electrons. The lowest BCUT2D eigenvalue weighted by atomic mass is 10.0. The summed E-state index contributed by atoms with van der Waals surface area (Å²) in [6.45, 7) is 0. The Labute approximate surface area is 131 Å². The zero-order valence-electron chi connectivity index (χ0n) is 10.9. The fourth-order valence-corrected chi connectivity index (χ4v) is 3.96. The van der Waals surface area contributed by atoms with Crippen LogP contribution in [-0.4, -0.2) is 11.2 Å². The van der Waals surface area contributed by atoms with Crippen molar-refractivity contribution in [1.29, 1.82) is 0 Å². The SMILES string of the molecule is OC(Cc1ccc2ccccc2c1)Cc1ccc(Br)s1. The van der Waals surface area contributed by atoms with Crippen LogP contribution in [0.1, 0.15) is 10.4 Å². The first-order valence-corrected chi connectivity index (χ1v) is 8.21. The fraction of sp³-hybridized carbons (Fsp3) is 0.176. The summed E-state index contributed by atoms with van der Waals surface area (Å²) in [6, 6.07) is 18.8. The second kappa shape index (κ2) is 6.08. The van der Waals surface area contributed by atoms with Crippen molar-refractivity contribution in [3.8, 4) is 0 Å². The number of thiophene rings is 1. The van der Waals surface area contributed by atoms with Crippen LogP contribution in [-0.2, 0) is 12.8 Å². The van der Waals surface area contributed by atoms with Crippen molar-refractivity contribution >= 4 is 38.0 Å². The molecule has 0 fully saturated rings. The van der Waals surface area contributed by atoms with Crippen LogP contribution in [0.2, 0.25) is 0 Å². The molecule has 20 heavy (non-hydrogen) atoms. The molecule has 0 saturated heterocycles. The first-order valence-electron chi connectivity index (χ1n) is 6.61. The second-order valence-corrected chi connectivity index (χ2v) is 7.50. The fourth-order valence-electron chi connectivity index (χ4n) is 2.40. The van der Waals surface area contributed by atoms with E-state index in [4.69, 9.17) is 0 Å². The van der Waals surface area contributed by atoms with E-state index >= 15 is 0 Å². The highest BCUT2D eigenvalue weighted by Crippen LogP contribution is 2.24. The van der Waals surface area contributed by atoms with Crippen LogP contribution in [0, 0.1) is 0 Å². The summed E-state index contributed by atoms with van der Waals surface area (Å²) in [5.41, 5.74) is 1.19. The van der Waals surface area contributed by atoms with Crippen LogP contribution in [0.25, 0.3) is 10.8 Å². The molecular weight excluding hydrogens is 332 g/mol. The number of fused-ring (bicyclic) bond motifs is 1. The maximum Gasteiger partial charge on any atom is 0.0701 e. The molecule has 3 rings (SSSR count). The Morgan fingerprint density at radius 3 is 2.50 bits per heavy atom. The van der Waals surface area contributed by atoms with Gasteiger partial charge in [-0.2, -0.15) is 0 Å². The van der Waals surface area contributed by atoms with Gasteiger partial charge in [-0.15, -0.1) is 11.3 Å². The van der Waals surface area contributed by atoms with Gasteiger partial charge in [-0.1, -0.05) is 42.5 Å². The van der Waals surface area contributed by atoms with Gasteiger partial charge >= 0.3 is 0 Å². The Hall–Kier alpha value is -1.16. The van der Waals surface area contributed by atoms with Crippen molar-refractivity contribution in [1.82, 2.24) is 0 Å². The van der Waals surface area contributed by atoms with Gasteiger partial charge in [0.1, 0.15) is 0 Å². The molecule has 0 bridgehead atoms. The van der Waals surface area contributed by atoms with E-state index in [1.165, 1.54) is 21.2 Å². The van der Waals surface area contributed by atoms with Gasteiger partial charge in [0.05, 0.1) is 9.89 Å². The number of hydrogen-bond donors (Lipinski definition) is 1. The standard InChI is InChI=1S/C17H15BrOS/c18-17-8-7-16(20-17)11-15(19)10-12-5-6-13-3-1-2-4-14(13)9-12/h1-9,15,19H,10-11H2. The highest BCUT2D eigenvalue weighted by Gasteiger charge is 2.09. The summed E-state index contributed by atoms with van der Waals surface area (Å²) in [6.07, 6.45) is 1.07.